The van der Waals surface area contributed by atoms with Crippen LogP contribution in [0.4, 0.5) is 5.69 Å². The average molecular weight is 257 g/mol. The van der Waals surface area contributed by atoms with Crippen molar-refractivity contribution >= 4 is 11.7 Å². The number of phenolic OH excluding ortho intramolecular Hbond substituents is 1. The summed E-state index contributed by atoms with van der Waals surface area (Å²) in [6.45, 7) is 1.63. The number of anilines is 1. The first-order chi connectivity index (χ1) is 9.00. The number of aromatic hydroxyl groups is 1. The van der Waals surface area contributed by atoms with Gasteiger partial charge in [-0.25, -0.2) is 0 Å². The molecule has 0 saturated heterocycles. The summed E-state index contributed by atoms with van der Waals surface area (Å²) in [6.07, 6.45) is 0. The molecular weight excluding hydrogens is 242 g/mol. The molecule has 0 heterocycles. The van der Waals surface area contributed by atoms with Crippen molar-refractivity contribution in [3.8, 4) is 16.9 Å². The molecule has 0 aliphatic rings. The Kier molecular flexibility index (Phi) is 3.42. The third kappa shape index (κ3) is 2.52. The first-order valence-electron chi connectivity index (χ1n) is 5.91. The number of hydrogen-bond donors (Lipinski definition) is 3. The predicted octanol–water partition coefficient (Wildman–Crippen LogP) is 2.83. The summed E-state index contributed by atoms with van der Waals surface area (Å²) in [7, 11) is 0. The van der Waals surface area contributed by atoms with Gasteiger partial charge >= 0.3 is 5.97 Å². The number of carbonyl (C=O) groups is 1. The zero-order chi connectivity index (χ0) is 14.0. The summed E-state index contributed by atoms with van der Waals surface area (Å²) in [6, 6.07) is 12.2. The van der Waals surface area contributed by atoms with E-state index in [1.165, 1.54) is 0 Å². The van der Waals surface area contributed by atoms with Crippen molar-refractivity contribution in [1.29, 1.82) is 0 Å². The third-order valence-electron chi connectivity index (χ3n) is 3.14. The molecule has 0 saturated carbocycles. The fraction of sp³-hybridized carbons (Fsp3) is 0.133. The minimum absolute atomic E-state index is 0.0163. The monoisotopic (exact) mass is 257 g/mol. The lowest BCUT2D eigenvalue weighted by atomic mass is 9.96. The normalized spacial score (nSPS) is 12.1. The van der Waals surface area contributed by atoms with Gasteiger partial charge in [0, 0.05) is 5.56 Å². The minimum Gasteiger partial charge on any atom is -0.505 e. The van der Waals surface area contributed by atoms with Crippen LogP contribution in [0, 0.1) is 0 Å². The summed E-state index contributed by atoms with van der Waals surface area (Å²) in [5.41, 5.74) is 7.99. The molecule has 2 rings (SSSR count). The van der Waals surface area contributed by atoms with Crippen molar-refractivity contribution < 1.29 is 15.0 Å². The Balaban J connectivity index is 2.49. The molecule has 1 unspecified atom stereocenters. The van der Waals surface area contributed by atoms with Crippen molar-refractivity contribution in [3.05, 3.63) is 48.0 Å². The highest BCUT2D eigenvalue weighted by atomic mass is 16.4. The first-order valence-corrected chi connectivity index (χ1v) is 5.91. The molecule has 0 aromatic heterocycles. The zero-order valence-electron chi connectivity index (χ0n) is 10.5. The minimum atomic E-state index is -0.881. The van der Waals surface area contributed by atoms with Gasteiger partial charge in [0.25, 0.3) is 0 Å². The molecule has 4 N–H and O–H groups in total. The molecule has 2 aromatic rings. The number of hydrogen-bond acceptors (Lipinski definition) is 3. The van der Waals surface area contributed by atoms with Crippen molar-refractivity contribution in [3.63, 3.8) is 0 Å². The molecule has 0 fully saturated rings. The van der Waals surface area contributed by atoms with E-state index in [0.717, 1.165) is 5.56 Å². The Bertz CT molecular complexity index is 623. The van der Waals surface area contributed by atoms with Gasteiger partial charge in [0.15, 0.2) is 0 Å². The van der Waals surface area contributed by atoms with Crippen LogP contribution in [0.2, 0.25) is 0 Å². The van der Waals surface area contributed by atoms with Gasteiger partial charge in [-0.2, -0.15) is 0 Å². The number of aliphatic carboxylic acids is 1. The summed E-state index contributed by atoms with van der Waals surface area (Å²) in [5.74, 6) is -1.46. The average Bonchev–Trinajstić information content (AvgIpc) is 2.41. The highest BCUT2D eigenvalue weighted by Crippen LogP contribution is 2.34. The molecule has 98 valence electrons. The summed E-state index contributed by atoms with van der Waals surface area (Å²) in [5, 5.41) is 19.0. The van der Waals surface area contributed by atoms with Crippen molar-refractivity contribution in [2.75, 3.05) is 5.73 Å². The lowest BCUT2D eigenvalue weighted by Gasteiger charge is -2.11. The van der Waals surface area contributed by atoms with Crippen molar-refractivity contribution in [2.45, 2.75) is 12.8 Å². The number of benzene rings is 2. The molecule has 2 aromatic carbocycles. The quantitative estimate of drug-likeness (QED) is 0.583. The van der Waals surface area contributed by atoms with Crippen LogP contribution < -0.4 is 5.73 Å². The van der Waals surface area contributed by atoms with Crippen molar-refractivity contribution in [2.24, 2.45) is 0 Å². The molecule has 0 spiro atoms. The Labute approximate surface area is 111 Å². The third-order valence-corrected chi connectivity index (χ3v) is 3.14. The van der Waals surface area contributed by atoms with E-state index >= 15 is 0 Å². The fourth-order valence-electron chi connectivity index (χ4n) is 1.91. The lowest BCUT2D eigenvalue weighted by molar-refractivity contribution is -0.138. The largest absolute Gasteiger partial charge is 0.505 e. The number of carboxylic acids is 1. The van der Waals surface area contributed by atoms with Crippen LogP contribution in [-0.4, -0.2) is 16.2 Å². The molecule has 4 heteroatoms. The van der Waals surface area contributed by atoms with Crippen molar-refractivity contribution in [1.82, 2.24) is 0 Å². The van der Waals surface area contributed by atoms with Crippen LogP contribution in [0.5, 0.6) is 5.75 Å². The molecule has 1 atom stereocenters. The summed E-state index contributed by atoms with van der Waals surface area (Å²) in [4.78, 5) is 11.0. The maximum Gasteiger partial charge on any atom is 0.310 e. The van der Waals surface area contributed by atoms with Crippen LogP contribution in [0.15, 0.2) is 42.5 Å². The lowest BCUT2D eigenvalue weighted by Crippen LogP contribution is -2.07. The van der Waals surface area contributed by atoms with Crippen LogP contribution in [0.3, 0.4) is 0 Å². The van der Waals surface area contributed by atoms with Crippen LogP contribution in [-0.2, 0) is 4.79 Å². The van der Waals surface area contributed by atoms with Crippen LogP contribution in [0.1, 0.15) is 18.4 Å². The SMILES string of the molecule is CC(C(=O)O)c1cccc(-c2cccc(N)c2O)c1. The smallest absolute Gasteiger partial charge is 0.310 e. The number of para-hydroxylation sites is 1. The van der Waals surface area contributed by atoms with Gasteiger partial charge in [0.05, 0.1) is 11.6 Å². The number of rotatable bonds is 3. The molecular formula is C15H15NO3. The summed E-state index contributed by atoms with van der Waals surface area (Å²) < 4.78 is 0. The standard InChI is InChI=1S/C15H15NO3/c1-9(15(18)19)10-4-2-5-11(8-10)12-6-3-7-13(16)14(12)17/h2-9,17H,16H2,1H3,(H,18,19). The highest BCUT2D eigenvalue weighted by molar-refractivity contribution is 5.79. The fourth-order valence-corrected chi connectivity index (χ4v) is 1.91. The van der Waals surface area contributed by atoms with E-state index in [1.54, 1.807) is 43.3 Å². The first kappa shape index (κ1) is 13.0. The second kappa shape index (κ2) is 5.02. The van der Waals surface area contributed by atoms with E-state index in [0.29, 0.717) is 16.8 Å². The second-order valence-electron chi connectivity index (χ2n) is 4.43. The molecule has 0 bridgehead atoms. The van der Waals surface area contributed by atoms with E-state index in [9.17, 15) is 9.90 Å². The van der Waals surface area contributed by atoms with Gasteiger partial charge in [0.2, 0.25) is 0 Å². The van der Waals surface area contributed by atoms with Gasteiger partial charge in [-0.05, 0) is 24.1 Å². The van der Waals surface area contributed by atoms with Crippen LogP contribution >= 0.6 is 0 Å². The Morgan fingerprint density at radius 3 is 2.58 bits per heavy atom. The molecule has 0 amide bonds. The Morgan fingerprint density at radius 2 is 1.89 bits per heavy atom. The predicted molar refractivity (Wildman–Crippen MR) is 74.0 cm³/mol. The maximum absolute atomic E-state index is 11.0. The van der Waals surface area contributed by atoms with Gasteiger partial charge in [-0.15, -0.1) is 0 Å². The van der Waals surface area contributed by atoms with Gasteiger partial charge in [0.1, 0.15) is 5.75 Å². The molecule has 19 heavy (non-hydrogen) atoms. The molecule has 0 aliphatic carbocycles. The second-order valence-corrected chi connectivity index (χ2v) is 4.43. The summed E-state index contributed by atoms with van der Waals surface area (Å²) >= 11 is 0. The maximum atomic E-state index is 11.0. The van der Waals surface area contributed by atoms with E-state index in [2.05, 4.69) is 0 Å². The Morgan fingerprint density at radius 1 is 1.21 bits per heavy atom. The number of nitrogens with two attached hydrogens (primary N) is 1. The van der Waals surface area contributed by atoms with E-state index < -0.39 is 11.9 Å². The number of nitrogen functional groups attached to an aromatic ring is 1. The molecule has 0 radical (unpaired) electrons. The molecule has 0 aliphatic heterocycles. The van der Waals surface area contributed by atoms with Gasteiger partial charge in [-0.1, -0.05) is 36.4 Å². The highest BCUT2D eigenvalue weighted by Gasteiger charge is 2.15. The molecule has 4 nitrogen and oxygen atoms in total. The topological polar surface area (TPSA) is 83.5 Å². The number of carboxylic acid groups (broad SMARTS) is 1. The van der Waals surface area contributed by atoms with E-state index in [1.807, 2.05) is 6.07 Å². The zero-order valence-corrected chi connectivity index (χ0v) is 10.5. The van der Waals surface area contributed by atoms with Gasteiger partial charge in [-0.3, -0.25) is 4.79 Å². The number of phenols is 1. The van der Waals surface area contributed by atoms with E-state index in [4.69, 9.17) is 10.8 Å². The van der Waals surface area contributed by atoms with E-state index in [-0.39, 0.29) is 5.75 Å². The Hall–Kier alpha value is -2.49. The van der Waals surface area contributed by atoms with Crippen LogP contribution in [0.25, 0.3) is 11.1 Å². The van der Waals surface area contributed by atoms with Gasteiger partial charge < -0.3 is 15.9 Å².